The van der Waals surface area contributed by atoms with Crippen LogP contribution in [0.25, 0.3) is 0 Å². The Labute approximate surface area is 142 Å². The van der Waals surface area contributed by atoms with Crippen LogP contribution in [0.1, 0.15) is 5.69 Å². The van der Waals surface area contributed by atoms with Gasteiger partial charge in [0.05, 0.1) is 25.1 Å². The first-order chi connectivity index (χ1) is 9.14. The molecule has 1 aromatic heterocycles. The van der Waals surface area contributed by atoms with E-state index in [2.05, 4.69) is 20.2 Å². The first-order valence-corrected chi connectivity index (χ1v) is 7.63. The topological polar surface area (TPSA) is 71.3 Å². The second-order valence-electron chi connectivity index (χ2n) is 4.85. The number of aliphatic hydroxyl groups is 1. The maximum atomic E-state index is 10.4. The van der Waals surface area contributed by atoms with Crippen molar-refractivity contribution in [3.05, 3.63) is 11.9 Å². The molecule has 0 amide bonds. The van der Waals surface area contributed by atoms with Gasteiger partial charge in [0, 0.05) is 33.2 Å². The molecule has 1 aliphatic rings. The summed E-state index contributed by atoms with van der Waals surface area (Å²) < 4.78 is 7.44. The van der Waals surface area contributed by atoms with Gasteiger partial charge in [0.25, 0.3) is 0 Å². The largest absolute Gasteiger partial charge is 0.385 e. The molecule has 0 aliphatic carbocycles. The highest BCUT2D eigenvalue weighted by Gasteiger charge is 2.28. The van der Waals surface area contributed by atoms with Crippen LogP contribution in [0.2, 0.25) is 0 Å². The van der Waals surface area contributed by atoms with E-state index < -0.39 is 5.60 Å². The summed E-state index contributed by atoms with van der Waals surface area (Å²) in [4.78, 5) is 4.32. The van der Waals surface area contributed by atoms with Gasteiger partial charge in [0.2, 0.25) is 0 Å². The van der Waals surface area contributed by atoms with Gasteiger partial charge < -0.3 is 25.0 Å². The van der Waals surface area contributed by atoms with Crippen molar-refractivity contribution in [2.24, 2.45) is 7.05 Å². The second-order valence-corrected chi connectivity index (χ2v) is 5.63. The number of imidazole rings is 1. The molecule has 9 heteroatoms. The molecular formula is C12H24Cl2N4O2S. The monoisotopic (exact) mass is 358 g/mol. The molecule has 0 spiro atoms. The lowest BCUT2D eigenvalue weighted by molar-refractivity contribution is -0.0265. The highest BCUT2D eigenvalue weighted by molar-refractivity contribution is 7.98. The molecule has 1 unspecified atom stereocenters. The van der Waals surface area contributed by atoms with E-state index in [0.717, 1.165) is 17.4 Å². The first kappa shape index (κ1) is 21.0. The lowest BCUT2D eigenvalue weighted by atomic mass is 10.1. The number of aromatic nitrogens is 2. The zero-order valence-electron chi connectivity index (χ0n) is 12.3. The first-order valence-electron chi connectivity index (χ1n) is 6.41. The highest BCUT2D eigenvalue weighted by Crippen LogP contribution is 2.13. The minimum Gasteiger partial charge on any atom is -0.385 e. The zero-order valence-corrected chi connectivity index (χ0v) is 14.7. The molecule has 0 bridgehead atoms. The molecular weight excluding hydrogens is 335 g/mol. The smallest absolute Gasteiger partial charge is 0.167 e. The van der Waals surface area contributed by atoms with Crippen molar-refractivity contribution < 1.29 is 9.84 Å². The molecule has 0 aromatic carbocycles. The van der Waals surface area contributed by atoms with Crippen molar-refractivity contribution in [2.75, 3.05) is 39.1 Å². The van der Waals surface area contributed by atoms with E-state index in [-0.39, 0.29) is 24.8 Å². The molecule has 2 rings (SSSR count). The van der Waals surface area contributed by atoms with Gasteiger partial charge >= 0.3 is 0 Å². The van der Waals surface area contributed by atoms with Gasteiger partial charge in [-0.1, -0.05) is 11.8 Å². The number of hydrogen-bond donors (Lipinski definition) is 3. The van der Waals surface area contributed by atoms with Crippen LogP contribution in [0.5, 0.6) is 0 Å². The second kappa shape index (κ2) is 9.89. The third-order valence-corrected chi connectivity index (χ3v) is 3.98. The van der Waals surface area contributed by atoms with Gasteiger partial charge in [-0.05, 0) is 6.26 Å². The fraction of sp³-hybridized carbons (Fsp3) is 0.750. The summed E-state index contributed by atoms with van der Waals surface area (Å²) in [5.41, 5.74) is 0.271. The minimum atomic E-state index is -0.836. The maximum absolute atomic E-state index is 10.4. The van der Waals surface area contributed by atoms with E-state index >= 15 is 0 Å². The fourth-order valence-electron chi connectivity index (χ4n) is 2.10. The third kappa shape index (κ3) is 5.94. The van der Waals surface area contributed by atoms with Crippen molar-refractivity contribution in [2.45, 2.75) is 17.3 Å². The number of rotatable bonds is 5. The fourth-order valence-corrected chi connectivity index (χ4v) is 2.64. The van der Waals surface area contributed by atoms with Crippen molar-refractivity contribution in [1.82, 2.24) is 20.2 Å². The van der Waals surface area contributed by atoms with Crippen molar-refractivity contribution >= 4 is 36.6 Å². The van der Waals surface area contributed by atoms with Crippen LogP contribution in [0.3, 0.4) is 0 Å². The van der Waals surface area contributed by atoms with Crippen LogP contribution < -0.4 is 10.6 Å². The summed E-state index contributed by atoms with van der Waals surface area (Å²) in [6, 6.07) is 0. The molecule has 1 aliphatic heterocycles. The Morgan fingerprint density at radius 3 is 3.00 bits per heavy atom. The molecule has 0 saturated carbocycles. The van der Waals surface area contributed by atoms with E-state index in [4.69, 9.17) is 4.74 Å². The summed E-state index contributed by atoms with van der Waals surface area (Å²) in [6.45, 7) is 3.56. The predicted molar refractivity (Wildman–Crippen MR) is 89.8 cm³/mol. The lowest BCUT2D eigenvalue weighted by Gasteiger charge is -2.26. The van der Waals surface area contributed by atoms with E-state index in [1.54, 1.807) is 11.8 Å². The molecule has 1 fully saturated rings. The highest BCUT2D eigenvalue weighted by atomic mass is 35.5. The number of hydrogen-bond acceptors (Lipinski definition) is 6. The molecule has 1 saturated heterocycles. The Balaban J connectivity index is 0.00000200. The molecule has 3 N–H and O–H groups in total. The minimum absolute atomic E-state index is 0. The SMILES string of the molecule is CSc1ncc(CNCC2(O)CNCCOC2)n1C.Cl.Cl. The summed E-state index contributed by atoms with van der Waals surface area (Å²) in [5, 5.41) is 17.8. The van der Waals surface area contributed by atoms with E-state index in [9.17, 15) is 5.11 Å². The van der Waals surface area contributed by atoms with Crippen molar-refractivity contribution in [3.8, 4) is 0 Å². The van der Waals surface area contributed by atoms with Gasteiger partial charge in [-0.3, -0.25) is 0 Å². The molecule has 124 valence electrons. The van der Waals surface area contributed by atoms with Gasteiger partial charge in [-0.15, -0.1) is 24.8 Å². The Hall–Kier alpha value is -0.0200. The number of nitrogens with zero attached hydrogens (tertiary/aromatic N) is 2. The van der Waals surface area contributed by atoms with Crippen LogP contribution in [0.15, 0.2) is 11.4 Å². The molecule has 21 heavy (non-hydrogen) atoms. The third-order valence-electron chi connectivity index (χ3n) is 3.23. The number of halogens is 2. The van der Waals surface area contributed by atoms with Gasteiger partial charge in [-0.25, -0.2) is 4.98 Å². The number of thioether (sulfide) groups is 1. The summed E-state index contributed by atoms with van der Waals surface area (Å²) in [5.74, 6) is 0. The van der Waals surface area contributed by atoms with Crippen molar-refractivity contribution in [3.63, 3.8) is 0 Å². The van der Waals surface area contributed by atoms with Crippen LogP contribution in [-0.2, 0) is 18.3 Å². The Morgan fingerprint density at radius 1 is 1.57 bits per heavy atom. The average Bonchev–Trinajstić information content (AvgIpc) is 2.60. The number of ether oxygens (including phenoxy) is 1. The number of nitrogens with one attached hydrogen (secondary N) is 2. The summed E-state index contributed by atoms with van der Waals surface area (Å²) in [6.07, 6.45) is 3.88. The van der Waals surface area contributed by atoms with Gasteiger partial charge in [0.1, 0.15) is 5.60 Å². The summed E-state index contributed by atoms with van der Waals surface area (Å²) >= 11 is 1.62. The molecule has 1 aromatic rings. The molecule has 2 heterocycles. The lowest BCUT2D eigenvalue weighted by Crippen LogP contribution is -2.50. The predicted octanol–water partition coefficient (Wildman–Crippen LogP) is 0.426. The zero-order chi connectivity index (χ0) is 13.7. The van der Waals surface area contributed by atoms with E-state index in [1.165, 1.54) is 0 Å². The quantitative estimate of drug-likeness (QED) is 0.663. The van der Waals surface area contributed by atoms with E-state index in [0.29, 0.717) is 32.8 Å². The maximum Gasteiger partial charge on any atom is 0.167 e. The molecule has 6 nitrogen and oxygen atoms in total. The Morgan fingerprint density at radius 2 is 2.33 bits per heavy atom. The van der Waals surface area contributed by atoms with E-state index in [1.807, 2.05) is 19.5 Å². The molecule has 0 radical (unpaired) electrons. The van der Waals surface area contributed by atoms with Gasteiger partial charge in [-0.2, -0.15) is 0 Å². The van der Waals surface area contributed by atoms with Crippen LogP contribution in [-0.4, -0.2) is 59.4 Å². The van der Waals surface area contributed by atoms with Gasteiger partial charge in [0.15, 0.2) is 5.16 Å². The standard InChI is InChI=1S/C12H22N4O2S.2ClH/c1-16-10(6-15-11(16)19-2)5-14-8-12(17)7-13-3-4-18-9-12;;/h6,13-14,17H,3-5,7-9H2,1-2H3;2*1H. The van der Waals surface area contributed by atoms with Crippen LogP contribution in [0, 0.1) is 0 Å². The van der Waals surface area contributed by atoms with Crippen LogP contribution in [0.4, 0.5) is 0 Å². The Kier molecular flexibility index (Phi) is 9.88. The normalized spacial score (nSPS) is 22.0. The Bertz CT molecular complexity index is 412. The molecule has 1 atom stereocenters. The summed E-state index contributed by atoms with van der Waals surface area (Å²) in [7, 11) is 2.00. The van der Waals surface area contributed by atoms with Crippen molar-refractivity contribution in [1.29, 1.82) is 0 Å². The van der Waals surface area contributed by atoms with Crippen LogP contribution >= 0.6 is 36.6 Å². The number of β-amino-alcohol motifs (C(OH)–C–C–N with tert-alkyl or cyclic N) is 1. The average molecular weight is 359 g/mol.